The Bertz CT molecular complexity index is 645. The van der Waals surface area contributed by atoms with Gasteiger partial charge in [0.15, 0.2) is 5.65 Å². The first-order chi connectivity index (χ1) is 9.43. The first-order valence-corrected chi connectivity index (χ1v) is 7.05. The fraction of sp³-hybridized carbons (Fsp3) is 0.533. The van der Waals surface area contributed by atoms with Crippen LogP contribution in [0.4, 0.5) is 0 Å². The molecule has 0 aliphatic rings. The number of fused-ring (bicyclic) bond motifs is 1. The molecule has 1 amide bonds. The van der Waals surface area contributed by atoms with E-state index in [4.69, 9.17) is 0 Å². The maximum atomic E-state index is 12.5. The highest BCUT2D eigenvalue weighted by Gasteiger charge is 2.18. The SMILES string of the molecule is CCC[C@@H](C)NC(=O)c1cc(C)nc2c1c(C)nn2C. The zero-order valence-corrected chi connectivity index (χ0v) is 12.8. The van der Waals surface area contributed by atoms with E-state index in [1.54, 1.807) is 4.68 Å². The zero-order valence-electron chi connectivity index (χ0n) is 12.8. The molecule has 0 bridgehead atoms. The van der Waals surface area contributed by atoms with Gasteiger partial charge < -0.3 is 5.32 Å². The lowest BCUT2D eigenvalue weighted by molar-refractivity contribution is 0.0940. The Morgan fingerprint density at radius 1 is 1.45 bits per heavy atom. The molecule has 2 aromatic heterocycles. The van der Waals surface area contributed by atoms with Crippen LogP contribution >= 0.6 is 0 Å². The van der Waals surface area contributed by atoms with E-state index in [-0.39, 0.29) is 11.9 Å². The first-order valence-electron chi connectivity index (χ1n) is 7.05. The molecule has 5 heteroatoms. The Labute approximate surface area is 119 Å². The summed E-state index contributed by atoms with van der Waals surface area (Å²) in [7, 11) is 1.85. The number of carbonyl (C=O) groups is 1. The number of rotatable bonds is 4. The second-order valence-corrected chi connectivity index (χ2v) is 5.38. The minimum atomic E-state index is -0.0439. The highest BCUT2D eigenvalue weighted by Crippen LogP contribution is 2.21. The summed E-state index contributed by atoms with van der Waals surface area (Å²) >= 11 is 0. The summed E-state index contributed by atoms with van der Waals surface area (Å²) < 4.78 is 1.73. The van der Waals surface area contributed by atoms with Crippen molar-refractivity contribution in [3.05, 3.63) is 23.0 Å². The van der Waals surface area contributed by atoms with E-state index in [0.717, 1.165) is 35.3 Å². The molecule has 0 fully saturated rings. The smallest absolute Gasteiger partial charge is 0.252 e. The highest BCUT2D eigenvalue weighted by atomic mass is 16.1. The number of pyridine rings is 1. The summed E-state index contributed by atoms with van der Waals surface area (Å²) in [5.74, 6) is -0.0439. The van der Waals surface area contributed by atoms with Gasteiger partial charge in [0.2, 0.25) is 0 Å². The van der Waals surface area contributed by atoms with Gasteiger partial charge in [-0.3, -0.25) is 9.48 Å². The number of amides is 1. The number of aromatic nitrogens is 3. The van der Waals surface area contributed by atoms with Crippen molar-refractivity contribution in [1.29, 1.82) is 0 Å². The maximum absolute atomic E-state index is 12.5. The van der Waals surface area contributed by atoms with Crippen molar-refractivity contribution in [2.45, 2.75) is 46.6 Å². The van der Waals surface area contributed by atoms with Gasteiger partial charge in [-0.15, -0.1) is 0 Å². The molecular weight excluding hydrogens is 252 g/mol. The molecule has 2 rings (SSSR count). The molecule has 1 N–H and O–H groups in total. The minimum absolute atomic E-state index is 0.0439. The summed E-state index contributed by atoms with van der Waals surface area (Å²) in [6.45, 7) is 7.95. The van der Waals surface area contributed by atoms with Crippen molar-refractivity contribution in [1.82, 2.24) is 20.1 Å². The predicted octanol–water partition coefficient (Wildman–Crippen LogP) is 2.50. The van der Waals surface area contributed by atoms with Crippen molar-refractivity contribution in [2.24, 2.45) is 7.05 Å². The van der Waals surface area contributed by atoms with Crippen LogP contribution in [0, 0.1) is 13.8 Å². The van der Waals surface area contributed by atoms with Gasteiger partial charge in [0.1, 0.15) is 0 Å². The maximum Gasteiger partial charge on any atom is 0.252 e. The van der Waals surface area contributed by atoms with Crippen molar-refractivity contribution in [3.63, 3.8) is 0 Å². The van der Waals surface area contributed by atoms with E-state index in [9.17, 15) is 4.79 Å². The van der Waals surface area contributed by atoms with Crippen LogP contribution in [-0.4, -0.2) is 26.7 Å². The molecule has 0 aromatic carbocycles. The van der Waals surface area contributed by atoms with Gasteiger partial charge in [-0.25, -0.2) is 4.98 Å². The molecule has 0 radical (unpaired) electrons. The quantitative estimate of drug-likeness (QED) is 0.932. The van der Waals surface area contributed by atoms with Gasteiger partial charge in [-0.1, -0.05) is 13.3 Å². The third-order valence-corrected chi connectivity index (χ3v) is 3.44. The fourth-order valence-electron chi connectivity index (χ4n) is 2.56. The van der Waals surface area contributed by atoms with Crippen LogP contribution in [0.3, 0.4) is 0 Å². The molecule has 108 valence electrons. The van der Waals surface area contributed by atoms with Crippen LogP contribution in [-0.2, 0) is 7.05 Å². The molecule has 2 aromatic rings. The van der Waals surface area contributed by atoms with Gasteiger partial charge in [-0.2, -0.15) is 5.10 Å². The van der Waals surface area contributed by atoms with E-state index in [0.29, 0.717) is 5.56 Å². The number of aryl methyl sites for hydroxylation is 3. The average Bonchev–Trinajstić information content (AvgIpc) is 2.64. The molecule has 20 heavy (non-hydrogen) atoms. The third kappa shape index (κ3) is 2.66. The summed E-state index contributed by atoms with van der Waals surface area (Å²) in [5, 5.41) is 8.26. The van der Waals surface area contributed by atoms with Crippen molar-refractivity contribution >= 4 is 16.9 Å². The Morgan fingerprint density at radius 3 is 2.80 bits per heavy atom. The first kappa shape index (κ1) is 14.5. The third-order valence-electron chi connectivity index (χ3n) is 3.44. The molecule has 1 atom stereocenters. The normalized spacial score (nSPS) is 12.7. The van der Waals surface area contributed by atoms with E-state index in [1.807, 2.05) is 33.9 Å². The molecule has 0 saturated heterocycles. The topological polar surface area (TPSA) is 59.8 Å². The van der Waals surface area contributed by atoms with Crippen molar-refractivity contribution in [2.75, 3.05) is 0 Å². The molecule has 0 unspecified atom stereocenters. The van der Waals surface area contributed by atoms with Gasteiger partial charge in [0.25, 0.3) is 5.91 Å². The van der Waals surface area contributed by atoms with Crippen molar-refractivity contribution in [3.8, 4) is 0 Å². The van der Waals surface area contributed by atoms with Crippen LogP contribution < -0.4 is 5.32 Å². The summed E-state index contributed by atoms with van der Waals surface area (Å²) in [6.07, 6.45) is 2.03. The van der Waals surface area contributed by atoms with Crippen molar-refractivity contribution < 1.29 is 4.79 Å². The molecule has 0 aliphatic heterocycles. The second kappa shape index (κ2) is 5.61. The van der Waals surface area contributed by atoms with E-state index >= 15 is 0 Å². The number of hydrogen-bond donors (Lipinski definition) is 1. The summed E-state index contributed by atoms with van der Waals surface area (Å²) in [5.41, 5.74) is 3.09. The Kier molecular flexibility index (Phi) is 4.06. The van der Waals surface area contributed by atoms with E-state index in [2.05, 4.69) is 22.3 Å². The van der Waals surface area contributed by atoms with Gasteiger partial charge in [0.05, 0.1) is 16.6 Å². The largest absolute Gasteiger partial charge is 0.350 e. The van der Waals surface area contributed by atoms with E-state index < -0.39 is 0 Å². The van der Waals surface area contributed by atoms with Crippen LogP contribution in [0.25, 0.3) is 11.0 Å². The monoisotopic (exact) mass is 274 g/mol. The molecule has 0 aliphatic carbocycles. The number of nitrogens with one attached hydrogen (secondary N) is 1. The second-order valence-electron chi connectivity index (χ2n) is 5.38. The summed E-state index contributed by atoms with van der Waals surface area (Å²) in [6, 6.07) is 2.01. The van der Waals surface area contributed by atoms with Crippen LogP contribution in [0.1, 0.15) is 48.4 Å². The Hall–Kier alpha value is -1.91. The fourth-order valence-corrected chi connectivity index (χ4v) is 2.56. The molecule has 0 saturated carbocycles. The summed E-state index contributed by atoms with van der Waals surface area (Å²) in [4.78, 5) is 17.0. The zero-order chi connectivity index (χ0) is 14.9. The van der Waals surface area contributed by atoms with Crippen LogP contribution in [0.5, 0.6) is 0 Å². The lowest BCUT2D eigenvalue weighted by Crippen LogP contribution is -2.32. The average molecular weight is 274 g/mol. The molecule has 2 heterocycles. The van der Waals surface area contributed by atoms with Gasteiger partial charge in [0, 0.05) is 18.8 Å². The van der Waals surface area contributed by atoms with Gasteiger partial charge in [-0.05, 0) is 33.3 Å². The number of nitrogens with zero attached hydrogens (tertiary/aromatic N) is 3. The molecular formula is C15H22N4O. The van der Waals surface area contributed by atoms with Crippen LogP contribution in [0.2, 0.25) is 0 Å². The van der Waals surface area contributed by atoms with Gasteiger partial charge >= 0.3 is 0 Å². The minimum Gasteiger partial charge on any atom is -0.350 e. The number of hydrogen-bond acceptors (Lipinski definition) is 3. The Balaban J connectivity index is 2.45. The van der Waals surface area contributed by atoms with E-state index in [1.165, 1.54) is 0 Å². The standard InChI is InChI=1S/C15H22N4O/c1-6-7-9(2)17-15(20)12-8-10(3)16-14-13(12)11(4)18-19(14)5/h8-9H,6-7H2,1-5H3,(H,17,20)/t9-/m1/s1. The highest BCUT2D eigenvalue weighted by molar-refractivity contribution is 6.06. The lowest BCUT2D eigenvalue weighted by Gasteiger charge is -2.13. The van der Waals surface area contributed by atoms with Crippen LogP contribution in [0.15, 0.2) is 6.07 Å². The lowest BCUT2D eigenvalue weighted by atomic mass is 10.1. The predicted molar refractivity (Wildman–Crippen MR) is 79.8 cm³/mol. The molecule has 5 nitrogen and oxygen atoms in total. The number of carbonyl (C=O) groups excluding carboxylic acids is 1. The molecule has 0 spiro atoms. The Morgan fingerprint density at radius 2 is 2.15 bits per heavy atom.